The molecule has 2 amide bonds. The van der Waals surface area contributed by atoms with Crippen molar-refractivity contribution in [2.75, 3.05) is 35.4 Å². The second kappa shape index (κ2) is 19.9. The first kappa shape index (κ1) is 41.6. The Hall–Kier alpha value is -7.02. The van der Waals surface area contributed by atoms with Gasteiger partial charge in [-0.3, -0.25) is 9.59 Å². The van der Waals surface area contributed by atoms with Gasteiger partial charge in [-0.1, -0.05) is 59.9 Å². The fourth-order valence-corrected chi connectivity index (χ4v) is 7.22. The number of anilines is 2. The number of nitrogens with one attached hydrogen (secondary N) is 4. The highest BCUT2D eigenvalue weighted by Crippen LogP contribution is 2.28. The van der Waals surface area contributed by atoms with Crippen LogP contribution >= 0.6 is 23.5 Å². The lowest BCUT2D eigenvalue weighted by Gasteiger charge is -2.19. The lowest BCUT2D eigenvalue weighted by Crippen LogP contribution is -2.39. The van der Waals surface area contributed by atoms with Gasteiger partial charge in [0, 0.05) is 17.8 Å². The minimum atomic E-state index is -0.564. The van der Waals surface area contributed by atoms with Crippen molar-refractivity contribution in [2.24, 2.45) is 31.4 Å². The SMILES string of the molecule is CCOc1ccc(C2N=C(N)NC(SCC(=O)Nc3ccc(Cc4ccc(NC(=O)CSC5=NC(c6ccc(OCC)cc6)N=C(N)N5)cc4C#N)c(C#N)c3)=N2)cc1. The molecule has 8 N–H and O–H groups in total. The van der Waals surface area contributed by atoms with Crippen LogP contribution in [0.2, 0.25) is 0 Å². The second-order valence-corrected chi connectivity index (χ2v) is 14.6. The van der Waals surface area contributed by atoms with Gasteiger partial charge < -0.3 is 42.2 Å². The minimum Gasteiger partial charge on any atom is -0.494 e. The third kappa shape index (κ3) is 11.5. The van der Waals surface area contributed by atoms with Gasteiger partial charge in [-0.2, -0.15) is 10.5 Å². The molecule has 0 saturated heterocycles. The van der Waals surface area contributed by atoms with Crippen LogP contribution in [0.1, 0.15) is 59.6 Å². The van der Waals surface area contributed by atoms with Crippen molar-refractivity contribution < 1.29 is 19.1 Å². The molecule has 0 saturated carbocycles. The molecule has 2 heterocycles. The van der Waals surface area contributed by atoms with E-state index in [0.717, 1.165) is 22.6 Å². The zero-order valence-corrected chi connectivity index (χ0v) is 33.7. The Labute approximate surface area is 349 Å². The summed E-state index contributed by atoms with van der Waals surface area (Å²) in [5, 5.41) is 32.3. The molecular weight excluding hydrogens is 789 g/mol. The molecule has 4 aromatic rings. The van der Waals surface area contributed by atoms with Crippen LogP contribution in [0.5, 0.6) is 11.5 Å². The van der Waals surface area contributed by atoms with Crippen LogP contribution in [0.25, 0.3) is 0 Å². The Morgan fingerprint density at radius 2 is 1.07 bits per heavy atom. The number of benzene rings is 4. The number of hydrogen-bond acceptors (Lipinski definition) is 16. The van der Waals surface area contributed by atoms with Gasteiger partial charge in [0.2, 0.25) is 11.8 Å². The third-order valence-electron chi connectivity index (χ3n) is 8.54. The number of carbonyl (C=O) groups is 2. The first-order valence-corrected chi connectivity index (χ1v) is 20.3. The van der Waals surface area contributed by atoms with Gasteiger partial charge in [0.15, 0.2) is 34.6 Å². The number of aliphatic imine (C=N–C) groups is 4. The van der Waals surface area contributed by atoms with Crippen LogP contribution in [0, 0.1) is 22.7 Å². The summed E-state index contributed by atoms with van der Waals surface area (Å²) >= 11 is 2.34. The predicted molar refractivity (Wildman–Crippen MR) is 232 cm³/mol. The van der Waals surface area contributed by atoms with Crippen molar-refractivity contribution in [1.82, 2.24) is 10.6 Å². The standard InChI is InChI=1S/C41H40N12O4S2/c1-3-56-32-13-7-24(8-14-32)36-48-38(44)52-40(50-36)58-22-34(54)46-30-11-5-26(28(18-30)20-42)17-27-6-12-31(19-29(27)21-43)47-35(55)23-59-41-51-37(49-39(45)53-41)25-9-15-33(16-10-25)57-4-2/h5-16,18-19,36-37H,3-4,17,22-23H2,1-2H3,(H,46,54)(H,47,55)(H3,44,48,50,52)(H3,45,49,51,53). The number of nitrogens with two attached hydrogens (primary N) is 2. The van der Waals surface area contributed by atoms with Crippen molar-refractivity contribution in [2.45, 2.75) is 32.6 Å². The molecule has 2 atom stereocenters. The summed E-state index contributed by atoms with van der Waals surface area (Å²) in [4.78, 5) is 43.7. The van der Waals surface area contributed by atoms with Gasteiger partial charge in [0.25, 0.3) is 0 Å². The molecule has 0 bridgehead atoms. The Bertz CT molecular complexity index is 2240. The molecule has 16 nitrogen and oxygen atoms in total. The summed E-state index contributed by atoms with van der Waals surface area (Å²) in [6.45, 7) is 4.94. The van der Waals surface area contributed by atoms with E-state index >= 15 is 0 Å². The monoisotopic (exact) mass is 828 g/mol. The fourth-order valence-electron chi connectivity index (χ4n) is 5.83. The molecular formula is C41H40N12O4S2. The molecule has 4 aromatic carbocycles. The number of guanidine groups is 2. The zero-order valence-electron chi connectivity index (χ0n) is 32.1. The Balaban J connectivity index is 1.01. The van der Waals surface area contributed by atoms with Crippen LogP contribution in [0.15, 0.2) is 105 Å². The van der Waals surface area contributed by atoms with E-state index in [-0.39, 0.29) is 41.7 Å². The van der Waals surface area contributed by atoms with Gasteiger partial charge in [-0.15, -0.1) is 0 Å². The van der Waals surface area contributed by atoms with E-state index in [2.05, 4.69) is 53.4 Å². The number of nitriles is 2. The Morgan fingerprint density at radius 3 is 1.44 bits per heavy atom. The number of amides is 2. The van der Waals surface area contributed by atoms with Crippen molar-refractivity contribution in [3.05, 3.63) is 118 Å². The van der Waals surface area contributed by atoms with Gasteiger partial charge >= 0.3 is 0 Å². The van der Waals surface area contributed by atoms with E-state index in [1.807, 2.05) is 62.4 Å². The largest absolute Gasteiger partial charge is 0.494 e. The Morgan fingerprint density at radius 1 is 0.661 bits per heavy atom. The van der Waals surface area contributed by atoms with Crippen molar-refractivity contribution in [1.29, 1.82) is 10.5 Å². The van der Waals surface area contributed by atoms with E-state index < -0.39 is 12.3 Å². The third-order valence-corrected chi connectivity index (χ3v) is 10.3. The number of carbonyl (C=O) groups excluding carboxylic acids is 2. The maximum Gasteiger partial charge on any atom is 0.234 e. The van der Waals surface area contributed by atoms with E-state index in [1.165, 1.54) is 23.5 Å². The van der Waals surface area contributed by atoms with Crippen molar-refractivity contribution >= 4 is 69.0 Å². The minimum absolute atomic E-state index is 0.0199. The van der Waals surface area contributed by atoms with Crippen LogP contribution in [-0.4, -0.2) is 58.8 Å². The second-order valence-electron chi connectivity index (χ2n) is 12.7. The van der Waals surface area contributed by atoms with Crippen LogP contribution in [0.3, 0.4) is 0 Å². The molecule has 300 valence electrons. The molecule has 2 aliphatic rings. The quantitative estimate of drug-likeness (QED) is 0.0971. The van der Waals surface area contributed by atoms with Crippen LogP contribution in [-0.2, 0) is 16.0 Å². The lowest BCUT2D eigenvalue weighted by molar-refractivity contribution is -0.114. The van der Waals surface area contributed by atoms with Gasteiger partial charge in [0.1, 0.15) is 11.5 Å². The molecule has 18 heteroatoms. The molecule has 2 aliphatic heterocycles. The smallest absolute Gasteiger partial charge is 0.234 e. The molecule has 6 rings (SSSR count). The van der Waals surface area contributed by atoms with E-state index in [9.17, 15) is 20.1 Å². The molecule has 0 radical (unpaired) electrons. The summed E-state index contributed by atoms with van der Waals surface area (Å²) in [6, 6.07) is 29.2. The fraction of sp³-hybridized carbons (Fsp3) is 0.220. The number of hydrogen-bond donors (Lipinski definition) is 6. The first-order valence-electron chi connectivity index (χ1n) is 18.4. The average Bonchev–Trinajstić information content (AvgIpc) is 3.23. The summed E-state index contributed by atoms with van der Waals surface area (Å²) in [5.74, 6) is 1.26. The topological polar surface area (TPSA) is 250 Å². The summed E-state index contributed by atoms with van der Waals surface area (Å²) in [7, 11) is 0. The van der Waals surface area contributed by atoms with E-state index in [1.54, 1.807) is 36.4 Å². The normalized spacial score (nSPS) is 15.7. The van der Waals surface area contributed by atoms with Gasteiger partial charge in [-0.25, -0.2) is 20.0 Å². The average molecular weight is 829 g/mol. The number of amidine groups is 2. The highest BCUT2D eigenvalue weighted by molar-refractivity contribution is 8.14. The lowest BCUT2D eigenvalue weighted by atomic mass is 9.96. The maximum absolute atomic E-state index is 12.9. The summed E-state index contributed by atoms with van der Waals surface area (Å²) < 4.78 is 11.0. The molecule has 0 spiro atoms. The number of rotatable bonds is 14. The molecule has 2 unspecified atom stereocenters. The van der Waals surface area contributed by atoms with Crippen LogP contribution in [0.4, 0.5) is 11.4 Å². The molecule has 0 aliphatic carbocycles. The molecule has 59 heavy (non-hydrogen) atoms. The van der Waals surface area contributed by atoms with E-state index in [4.69, 9.17) is 20.9 Å². The highest BCUT2D eigenvalue weighted by atomic mass is 32.2. The summed E-state index contributed by atoms with van der Waals surface area (Å²) in [5.41, 5.74) is 16.5. The predicted octanol–water partition coefficient (Wildman–Crippen LogP) is 5.11. The van der Waals surface area contributed by atoms with Crippen molar-refractivity contribution in [3.63, 3.8) is 0 Å². The van der Waals surface area contributed by atoms with E-state index in [0.29, 0.717) is 57.2 Å². The number of nitrogens with zero attached hydrogens (tertiary/aromatic N) is 6. The molecule has 0 aromatic heterocycles. The van der Waals surface area contributed by atoms with Gasteiger partial charge in [0.05, 0.1) is 48.0 Å². The number of thioether (sulfide) groups is 2. The van der Waals surface area contributed by atoms with Gasteiger partial charge in [-0.05, 0) is 84.6 Å². The molecule has 0 fully saturated rings. The Kier molecular flexibility index (Phi) is 14.0. The summed E-state index contributed by atoms with van der Waals surface area (Å²) in [6.07, 6.45) is -0.856. The first-order chi connectivity index (χ1) is 28.6. The highest BCUT2D eigenvalue weighted by Gasteiger charge is 2.20. The number of ether oxygens (including phenoxy) is 2. The zero-order chi connectivity index (χ0) is 41.7. The van der Waals surface area contributed by atoms with Crippen LogP contribution < -0.4 is 42.2 Å². The maximum atomic E-state index is 12.9. The van der Waals surface area contributed by atoms with Crippen molar-refractivity contribution in [3.8, 4) is 23.6 Å².